The molecule has 2 saturated heterocycles. The van der Waals surface area contributed by atoms with E-state index < -0.39 is 97.1 Å². The van der Waals surface area contributed by atoms with Crippen LogP contribution in [-0.2, 0) is 60.6 Å². The summed E-state index contributed by atoms with van der Waals surface area (Å²) in [5, 5.41) is -0.108. The first-order valence-electron chi connectivity index (χ1n) is 20.1. The molecule has 0 aromatic heterocycles. The van der Waals surface area contributed by atoms with Gasteiger partial charge in [-0.05, 0) is 64.7 Å². The average molecular weight is 825 g/mol. The highest BCUT2D eigenvalue weighted by Gasteiger charge is 2.66. The van der Waals surface area contributed by atoms with E-state index >= 15 is 0 Å². The molecule has 16 heteroatoms. The van der Waals surface area contributed by atoms with Gasteiger partial charge >= 0.3 is 19.8 Å². The summed E-state index contributed by atoms with van der Waals surface area (Å²) in [6, 6.07) is 0.680. The molecule has 316 valence electrons. The van der Waals surface area contributed by atoms with Crippen molar-refractivity contribution in [2.24, 2.45) is 0 Å². The van der Waals surface area contributed by atoms with Gasteiger partial charge in [0.2, 0.25) is 0 Å². The van der Waals surface area contributed by atoms with E-state index in [2.05, 4.69) is 60.4 Å². The molecule has 0 N–H and O–H groups in total. The maximum Gasteiger partial charge on any atom is 0.475 e. The molecule has 3 rings (SSSR count). The minimum absolute atomic E-state index is 0.108. The third kappa shape index (κ3) is 14.3. The number of rotatable bonds is 22. The Balaban J connectivity index is 1.94. The molecule has 8 atom stereocenters. The predicted molar refractivity (Wildman–Crippen MR) is 211 cm³/mol. The number of esters is 2. The predicted octanol–water partition coefficient (Wildman–Crippen LogP) is 8.91. The quantitative estimate of drug-likeness (QED) is 0.0444. The fourth-order valence-corrected chi connectivity index (χ4v) is 9.93. The molecule has 1 saturated carbocycles. The van der Waals surface area contributed by atoms with Crippen LogP contribution in [0.15, 0.2) is 0 Å². The number of hydrogen-bond acceptors (Lipinski definition) is 13. The van der Waals surface area contributed by atoms with Crippen LogP contribution in [0.5, 0.6) is 0 Å². The van der Waals surface area contributed by atoms with Gasteiger partial charge < -0.3 is 32.8 Å². The topological polar surface area (TPSA) is 144 Å². The van der Waals surface area contributed by atoms with Crippen LogP contribution in [0.4, 0.5) is 0 Å². The molecule has 0 bridgehead atoms. The Labute approximate surface area is 327 Å². The summed E-state index contributed by atoms with van der Waals surface area (Å²) in [5.41, 5.74) is 0. The number of fused-ring (bicyclic) bond motifs is 2. The maximum atomic E-state index is 14.9. The standard InChI is InChI=1S/C38H73O13PSi2/c1-15-17-19-21-28(39)42-25-27(45-29(40)22-20-18-16-2)26-44-52(41,43-23-24-53(10,11)12)50-34-30-32(48-37(6,7)46-30)35(51-54(13,14)36(3,4)5)33-31(34)47-38(8,9)49-33/h27,30-35H,15-26H2,1-14H3/t27-,30-,31-,32-,33+,34?,35?,52?/m1/s1. The van der Waals surface area contributed by atoms with Crippen molar-refractivity contribution >= 4 is 36.2 Å². The van der Waals surface area contributed by atoms with Crippen LogP contribution < -0.4 is 0 Å². The molecule has 0 radical (unpaired) electrons. The molecule has 13 nitrogen and oxygen atoms in total. The lowest BCUT2D eigenvalue weighted by Crippen LogP contribution is -2.65. The second kappa shape index (κ2) is 19.4. The van der Waals surface area contributed by atoms with Gasteiger partial charge in [0.05, 0.1) is 13.2 Å². The lowest BCUT2D eigenvalue weighted by Gasteiger charge is -2.47. The summed E-state index contributed by atoms with van der Waals surface area (Å²) in [6.07, 6.45) is -0.0578. The van der Waals surface area contributed by atoms with E-state index in [9.17, 15) is 14.2 Å². The summed E-state index contributed by atoms with van der Waals surface area (Å²) in [7, 11) is -8.47. The SMILES string of the molecule is CCCCCC(=O)OC[C@H](COP(=O)(OCC[Si](C)(C)C)OC1[C@@H]2OC(C)(C)O[C@@H]2C(O[Si](C)(C)C(C)(C)C)[C@@H]2OC(C)(C)O[C@@H]12)OC(=O)CCCCC. The summed E-state index contributed by atoms with van der Waals surface area (Å²) >= 11 is 0. The lowest BCUT2D eigenvalue weighted by atomic mass is 9.85. The fourth-order valence-electron chi connectivity index (χ4n) is 6.34. The molecule has 1 aliphatic carbocycles. The summed E-state index contributed by atoms with van der Waals surface area (Å²) < 4.78 is 77.9. The van der Waals surface area contributed by atoms with Crippen LogP contribution in [0.25, 0.3) is 0 Å². The zero-order valence-electron chi connectivity index (χ0n) is 35.8. The summed E-state index contributed by atoms with van der Waals surface area (Å²) in [6.45, 7) is 28.2. The molecular formula is C38H73O13PSi2. The van der Waals surface area contributed by atoms with Crippen molar-refractivity contribution < 1.29 is 60.6 Å². The average Bonchev–Trinajstić information content (AvgIpc) is 3.53. The first-order valence-corrected chi connectivity index (χ1v) is 28.2. The molecule has 54 heavy (non-hydrogen) atoms. The van der Waals surface area contributed by atoms with Crippen LogP contribution in [0.1, 0.15) is 114 Å². The first kappa shape index (κ1) is 47.7. The monoisotopic (exact) mass is 824 g/mol. The van der Waals surface area contributed by atoms with Crippen LogP contribution in [-0.4, -0.2) is 102 Å². The molecule has 2 heterocycles. The number of carbonyl (C=O) groups excluding carboxylic acids is 2. The molecular weight excluding hydrogens is 752 g/mol. The number of unbranched alkanes of at least 4 members (excludes halogenated alkanes) is 4. The normalized spacial score (nSPS) is 28.2. The number of ether oxygens (including phenoxy) is 6. The van der Waals surface area contributed by atoms with Crippen LogP contribution >= 0.6 is 7.82 Å². The smallest absolute Gasteiger partial charge is 0.462 e. The highest BCUT2D eigenvalue weighted by atomic mass is 31.2. The number of carbonyl (C=O) groups is 2. The minimum atomic E-state index is -4.45. The van der Waals surface area contributed by atoms with Gasteiger partial charge in [-0.15, -0.1) is 0 Å². The largest absolute Gasteiger partial charge is 0.475 e. The number of phosphoric ester groups is 1. The van der Waals surface area contributed by atoms with Crippen LogP contribution in [0.3, 0.4) is 0 Å². The van der Waals surface area contributed by atoms with Crippen molar-refractivity contribution in [3.8, 4) is 0 Å². The highest BCUT2D eigenvalue weighted by Crippen LogP contribution is 2.56. The molecule has 3 fully saturated rings. The van der Waals surface area contributed by atoms with Crippen molar-refractivity contribution in [1.82, 2.24) is 0 Å². The molecule has 0 aromatic carbocycles. The molecule has 2 aliphatic heterocycles. The third-order valence-corrected chi connectivity index (χ3v) is 18.0. The Bertz CT molecular complexity index is 1230. The highest BCUT2D eigenvalue weighted by molar-refractivity contribution is 7.48. The summed E-state index contributed by atoms with van der Waals surface area (Å²) in [5.74, 6) is -2.92. The molecule has 0 aromatic rings. The molecule has 0 amide bonds. The fraction of sp³-hybridized carbons (Fsp3) is 0.947. The number of phosphoric acid groups is 1. The Morgan fingerprint density at radius 2 is 1.20 bits per heavy atom. The Kier molecular flexibility index (Phi) is 17.1. The molecule has 0 spiro atoms. The minimum Gasteiger partial charge on any atom is -0.462 e. The van der Waals surface area contributed by atoms with E-state index in [0.29, 0.717) is 18.9 Å². The van der Waals surface area contributed by atoms with Gasteiger partial charge in [-0.2, -0.15) is 0 Å². The van der Waals surface area contributed by atoms with Gasteiger partial charge in [-0.3, -0.25) is 23.2 Å². The van der Waals surface area contributed by atoms with Gasteiger partial charge in [0.1, 0.15) is 43.2 Å². The summed E-state index contributed by atoms with van der Waals surface area (Å²) in [4.78, 5) is 25.4. The van der Waals surface area contributed by atoms with E-state index in [-0.39, 0.29) is 31.1 Å². The van der Waals surface area contributed by atoms with Crippen molar-refractivity contribution in [1.29, 1.82) is 0 Å². The van der Waals surface area contributed by atoms with Crippen LogP contribution in [0, 0.1) is 0 Å². The second-order valence-corrected chi connectivity index (χ2v) is 30.6. The van der Waals surface area contributed by atoms with Crippen LogP contribution in [0.2, 0.25) is 43.8 Å². The Morgan fingerprint density at radius 3 is 1.67 bits per heavy atom. The van der Waals surface area contributed by atoms with Crippen molar-refractivity contribution in [2.45, 2.75) is 212 Å². The zero-order valence-corrected chi connectivity index (χ0v) is 38.7. The van der Waals surface area contributed by atoms with Crippen molar-refractivity contribution in [3.63, 3.8) is 0 Å². The molecule has 3 aliphatic rings. The maximum absolute atomic E-state index is 14.9. The second-order valence-electron chi connectivity index (χ2n) is 18.6. The van der Waals surface area contributed by atoms with E-state index in [0.717, 1.165) is 25.7 Å². The van der Waals surface area contributed by atoms with Gasteiger partial charge in [-0.25, -0.2) is 4.57 Å². The van der Waals surface area contributed by atoms with E-state index in [1.807, 2.05) is 34.6 Å². The number of hydrogen-bond donors (Lipinski definition) is 0. The third-order valence-electron chi connectivity index (χ3n) is 10.3. The van der Waals surface area contributed by atoms with Crippen molar-refractivity contribution in [3.05, 3.63) is 0 Å². The molecule has 3 unspecified atom stereocenters. The van der Waals surface area contributed by atoms with E-state index in [1.54, 1.807) is 0 Å². The first-order chi connectivity index (χ1) is 24.8. The Morgan fingerprint density at radius 1 is 0.722 bits per heavy atom. The zero-order chi connectivity index (χ0) is 40.8. The Hall–Kier alpha value is -0.716. The van der Waals surface area contributed by atoms with E-state index in [1.165, 1.54) is 0 Å². The lowest BCUT2D eigenvalue weighted by molar-refractivity contribution is -0.182. The van der Waals surface area contributed by atoms with E-state index in [4.69, 9.17) is 46.4 Å². The van der Waals surface area contributed by atoms with Crippen molar-refractivity contribution in [2.75, 3.05) is 19.8 Å². The van der Waals surface area contributed by atoms with Gasteiger partial charge in [0, 0.05) is 20.9 Å². The van der Waals surface area contributed by atoms with Gasteiger partial charge in [-0.1, -0.05) is 79.9 Å². The van der Waals surface area contributed by atoms with Gasteiger partial charge in [0.15, 0.2) is 26.0 Å². The van der Waals surface area contributed by atoms with Gasteiger partial charge in [0.25, 0.3) is 0 Å².